The fraction of sp³-hybridized carbons (Fsp3) is 0. The Morgan fingerprint density at radius 1 is 1.33 bits per heavy atom. The van der Waals surface area contributed by atoms with Crippen molar-refractivity contribution in [2.24, 2.45) is 11.5 Å². The Labute approximate surface area is 44.1 Å². The zero-order valence-electron chi connectivity index (χ0n) is 2.77. The third-order valence-electron chi connectivity index (χ3n) is 0. The molecule has 5 heteroatoms. The molecule has 0 aliphatic carbocycles. The number of carbonyl (C=O) groups excluding carboxylic acids is 1. The summed E-state index contributed by atoms with van der Waals surface area (Å²) in [4.78, 5) is 9.00. The molecule has 4 N–H and O–H groups in total. The molecule has 1 unspecified atom stereocenters. The highest BCUT2D eigenvalue weighted by atomic mass is 31.0. The summed E-state index contributed by atoms with van der Waals surface area (Å²) in [6, 6.07) is -0.833. The summed E-state index contributed by atoms with van der Waals surface area (Å²) < 4.78 is 0. The summed E-state index contributed by atoms with van der Waals surface area (Å²) in [6.45, 7) is 0. The van der Waals surface area contributed by atoms with Gasteiger partial charge in [-0.3, -0.25) is 0 Å². The van der Waals surface area contributed by atoms with Crippen LogP contribution in [0.3, 0.4) is 0 Å². The number of hydrogen-bond donors (Lipinski definition) is 2. The fourth-order valence-corrected chi connectivity index (χ4v) is 0. The number of urea groups is 1. The topological polar surface area (TPSA) is 69.1 Å². The third kappa shape index (κ3) is 4820. The van der Waals surface area contributed by atoms with E-state index in [4.69, 9.17) is 4.79 Å². The van der Waals surface area contributed by atoms with E-state index in [1.807, 2.05) is 0 Å². The molecule has 0 spiro atoms. The largest absolute Gasteiger partial charge is 0.352 e. The van der Waals surface area contributed by atoms with Gasteiger partial charge in [-0.1, -0.05) is 0 Å². The third-order valence-corrected chi connectivity index (χ3v) is 0. The van der Waals surface area contributed by atoms with E-state index in [9.17, 15) is 0 Å². The lowest BCUT2D eigenvalue weighted by Crippen LogP contribution is -2.18. The van der Waals surface area contributed by atoms with E-state index < -0.39 is 6.03 Å². The minimum Gasteiger partial charge on any atom is -0.352 e. The average molecular weight is 126 g/mol. The van der Waals surface area contributed by atoms with Crippen molar-refractivity contribution in [2.45, 2.75) is 0 Å². The van der Waals surface area contributed by atoms with Crippen molar-refractivity contribution in [3.8, 4) is 0 Å². The number of carbonyl (C=O) groups is 1. The zero-order chi connectivity index (χ0) is 3.58. The van der Waals surface area contributed by atoms with Crippen LogP contribution in [0.4, 0.5) is 4.79 Å². The molecule has 0 saturated carbocycles. The van der Waals surface area contributed by atoms with Crippen LogP contribution in [0.5, 0.6) is 0 Å². The Hall–Kier alpha value is -0.0831. The maximum absolute atomic E-state index is 9.00. The zero-order valence-corrected chi connectivity index (χ0v) is 4.18. The molecule has 0 aromatic carbocycles. The summed E-state index contributed by atoms with van der Waals surface area (Å²) in [6.07, 6.45) is 0. The van der Waals surface area contributed by atoms with Crippen molar-refractivity contribution < 1.29 is 4.79 Å². The molecule has 0 radical (unpaired) electrons. The van der Waals surface area contributed by atoms with Gasteiger partial charge < -0.3 is 11.5 Å². The smallest absolute Gasteiger partial charge is 0.309 e. The molecule has 0 fully saturated rings. The molecule has 0 aromatic heterocycles. The van der Waals surface area contributed by atoms with Gasteiger partial charge in [0.2, 0.25) is 0 Å². The molecule has 1 atom stereocenters. The minimum absolute atomic E-state index is 0. The molecule has 0 aliphatic heterocycles. The van der Waals surface area contributed by atoms with Crippen LogP contribution in [0, 0.1) is 0 Å². The van der Waals surface area contributed by atoms with Gasteiger partial charge in [-0.2, -0.15) is 9.90 Å². The maximum Gasteiger partial charge on any atom is 0.309 e. The predicted octanol–water partition coefficient (Wildman–Crippen LogP) is -2.37. The number of primary amides is 2. The lowest BCUT2D eigenvalue weighted by molar-refractivity contribution is 0.256. The van der Waals surface area contributed by atoms with Crippen LogP contribution in [0.15, 0.2) is 0 Å². The van der Waals surface area contributed by atoms with E-state index in [1.54, 1.807) is 0 Å². The van der Waals surface area contributed by atoms with Gasteiger partial charge >= 0.3 is 6.03 Å². The second-order valence-corrected chi connectivity index (χ2v) is 0.402. The molecular formula is CH11N2OPSi. The standard InChI is InChI=1S/CH4N2O.H3P.H4Si/c2-1(3)4;;/h(H4,2,3,4);1H3;1H4. The summed E-state index contributed by atoms with van der Waals surface area (Å²) >= 11 is 0. The first-order valence-corrected chi connectivity index (χ1v) is 0.781. The molecule has 0 saturated heterocycles. The van der Waals surface area contributed by atoms with Crippen molar-refractivity contribution in [2.75, 3.05) is 0 Å². The number of nitrogens with two attached hydrogens (primary N) is 2. The van der Waals surface area contributed by atoms with Gasteiger partial charge in [-0.05, 0) is 11.0 Å². The van der Waals surface area contributed by atoms with Crippen LogP contribution >= 0.6 is 9.90 Å². The van der Waals surface area contributed by atoms with Gasteiger partial charge in [0, 0.05) is 0 Å². The molecule has 0 rings (SSSR count). The Bertz CT molecular complexity index is 36.5. The molecule has 3 nitrogen and oxygen atoms in total. The predicted molar refractivity (Wildman–Crippen MR) is 36.2 cm³/mol. The summed E-state index contributed by atoms with van der Waals surface area (Å²) in [5.74, 6) is 0. The molecule has 0 aliphatic rings. The molecular weight excluding hydrogens is 115 g/mol. The van der Waals surface area contributed by atoms with Crippen LogP contribution in [-0.2, 0) is 0 Å². The maximum atomic E-state index is 9.00. The normalized spacial score (nSPS) is 4.00. The highest BCUT2D eigenvalue weighted by Gasteiger charge is 1.60. The molecule has 2 amide bonds. The summed E-state index contributed by atoms with van der Waals surface area (Å²) in [5.41, 5.74) is 8.50. The van der Waals surface area contributed by atoms with Crippen LogP contribution in [-0.4, -0.2) is 17.0 Å². The van der Waals surface area contributed by atoms with Crippen LogP contribution in [0.2, 0.25) is 0 Å². The first-order chi connectivity index (χ1) is 1.73. The fourth-order valence-electron chi connectivity index (χ4n) is 0. The second kappa shape index (κ2) is 8.87. The van der Waals surface area contributed by atoms with Crippen LogP contribution < -0.4 is 11.5 Å². The van der Waals surface area contributed by atoms with Gasteiger partial charge in [0.25, 0.3) is 0 Å². The summed E-state index contributed by atoms with van der Waals surface area (Å²) in [5, 5.41) is 0. The van der Waals surface area contributed by atoms with E-state index in [-0.39, 0.29) is 20.9 Å². The lowest BCUT2D eigenvalue weighted by Gasteiger charge is -1.62. The van der Waals surface area contributed by atoms with Gasteiger partial charge in [-0.25, -0.2) is 4.79 Å². The number of hydrogen-bond acceptors (Lipinski definition) is 1. The Balaban J connectivity index is -0.0000000450. The number of rotatable bonds is 0. The quantitative estimate of drug-likeness (QED) is 0.276. The summed E-state index contributed by atoms with van der Waals surface area (Å²) in [7, 11) is 0. The highest BCUT2D eigenvalue weighted by Crippen LogP contribution is 1.25. The van der Waals surface area contributed by atoms with E-state index in [2.05, 4.69) is 11.5 Å². The molecule has 6 heavy (non-hydrogen) atoms. The lowest BCUT2D eigenvalue weighted by atomic mass is 11.2. The number of amides is 2. The van der Waals surface area contributed by atoms with Crippen LogP contribution in [0.1, 0.15) is 0 Å². The highest BCUT2D eigenvalue weighted by molar-refractivity contribution is 6.92. The monoisotopic (exact) mass is 126 g/mol. The van der Waals surface area contributed by atoms with Gasteiger partial charge in [0.15, 0.2) is 0 Å². The van der Waals surface area contributed by atoms with Crippen molar-refractivity contribution >= 4 is 26.9 Å². The van der Waals surface area contributed by atoms with Gasteiger partial charge in [0.1, 0.15) is 0 Å². The van der Waals surface area contributed by atoms with E-state index >= 15 is 0 Å². The Kier molecular flexibility index (Phi) is 24.8. The van der Waals surface area contributed by atoms with Crippen LogP contribution in [0.25, 0.3) is 0 Å². The molecule has 40 valence electrons. The Morgan fingerprint density at radius 3 is 1.33 bits per heavy atom. The van der Waals surface area contributed by atoms with E-state index in [0.29, 0.717) is 0 Å². The average Bonchev–Trinajstić information content (AvgIpc) is 0.811. The first kappa shape index (κ1) is 16.8. The second-order valence-electron chi connectivity index (χ2n) is 0.402. The van der Waals surface area contributed by atoms with E-state index in [0.717, 1.165) is 0 Å². The first-order valence-electron chi connectivity index (χ1n) is 0.781. The van der Waals surface area contributed by atoms with Gasteiger partial charge in [0.05, 0.1) is 0 Å². The van der Waals surface area contributed by atoms with Crippen molar-refractivity contribution in [1.82, 2.24) is 0 Å². The minimum atomic E-state index is -0.833. The van der Waals surface area contributed by atoms with Gasteiger partial charge in [-0.15, -0.1) is 0 Å². The SMILES string of the molecule is NC(N)=O.P.[SiH4]. The van der Waals surface area contributed by atoms with E-state index in [1.165, 1.54) is 0 Å². The molecule has 0 bridgehead atoms. The Morgan fingerprint density at radius 2 is 1.33 bits per heavy atom. The molecule has 0 heterocycles. The van der Waals surface area contributed by atoms with Crippen molar-refractivity contribution in [1.29, 1.82) is 0 Å². The molecule has 0 aromatic rings. The van der Waals surface area contributed by atoms with Crippen molar-refractivity contribution in [3.63, 3.8) is 0 Å². The van der Waals surface area contributed by atoms with Crippen molar-refractivity contribution in [3.05, 3.63) is 0 Å².